The summed E-state index contributed by atoms with van der Waals surface area (Å²) in [5.41, 5.74) is 6.07. The summed E-state index contributed by atoms with van der Waals surface area (Å²) in [6, 6.07) is 9.66. The predicted octanol–water partition coefficient (Wildman–Crippen LogP) is 3.78. The van der Waals surface area contributed by atoms with Crippen LogP contribution in [0.2, 0.25) is 0 Å². The molecule has 0 saturated heterocycles. The van der Waals surface area contributed by atoms with Crippen LogP contribution in [0.1, 0.15) is 12.5 Å². The van der Waals surface area contributed by atoms with Gasteiger partial charge in [0, 0.05) is 47.9 Å². The third-order valence-corrected chi connectivity index (χ3v) is 4.69. The smallest absolute Gasteiger partial charge is 0.411 e. The molecule has 2 N–H and O–H groups in total. The fourth-order valence-electron chi connectivity index (χ4n) is 3.33. The lowest BCUT2D eigenvalue weighted by Crippen LogP contribution is -2.10. The van der Waals surface area contributed by atoms with E-state index in [0.29, 0.717) is 5.69 Å². The van der Waals surface area contributed by atoms with Gasteiger partial charge >= 0.3 is 6.09 Å². The number of methoxy groups -OCH3 is 1. The van der Waals surface area contributed by atoms with Crippen LogP contribution in [0.15, 0.2) is 42.7 Å². The maximum atomic E-state index is 11.4. The standard InChI is InChI=1S/C20H21N5O2/c1-3-25-12-17(15-8-10-21-19-16(15)9-11-22-19)18(24-25)13-4-6-14(7-5-13)23-20(26)27-2/h4-8,10,12H,3,9,11H2,1-2H3,(H,21,22)(H,23,26). The number of carbonyl (C=O) groups is 1. The zero-order valence-corrected chi connectivity index (χ0v) is 15.3. The normalized spacial score (nSPS) is 12.4. The number of fused-ring (bicyclic) bond motifs is 1. The number of hydrogen-bond donors (Lipinski definition) is 2. The van der Waals surface area contributed by atoms with E-state index in [1.54, 1.807) is 0 Å². The lowest BCUT2D eigenvalue weighted by Gasteiger charge is -2.08. The summed E-state index contributed by atoms with van der Waals surface area (Å²) in [5, 5.41) is 10.8. The molecule has 0 radical (unpaired) electrons. The van der Waals surface area contributed by atoms with E-state index in [0.717, 1.165) is 47.7 Å². The van der Waals surface area contributed by atoms with Crippen LogP contribution in [0.25, 0.3) is 22.4 Å². The highest BCUT2D eigenvalue weighted by Crippen LogP contribution is 2.37. The van der Waals surface area contributed by atoms with E-state index in [1.807, 2.05) is 35.1 Å². The molecule has 1 aromatic carbocycles. The fourth-order valence-corrected chi connectivity index (χ4v) is 3.33. The third kappa shape index (κ3) is 3.23. The van der Waals surface area contributed by atoms with Gasteiger partial charge in [0.05, 0.1) is 7.11 Å². The molecule has 138 valence electrons. The monoisotopic (exact) mass is 363 g/mol. The largest absolute Gasteiger partial charge is 0.453 e. The lowest BCUT2D eigenvalue weighted by atomic mass is 9.97. The average Bonchev–Trinajstić information content (AvgIpc) is 3.35. The van der Waals surface area contributed by atoms with Gasteiger partial charge in [-0.05, 0) is 37.1 Å². The number of nitrogens with one attached hydrogen (secondary N) is 2. The Labute approximate surface area is 157 Å². The van der Waals surface area contributed by atoms with E-state index in [1.165, 1.54) is 12.7 Å². The summed E-state index contributed by atoms with van der Waals surface area (Å²) in [4.78, 5) is 15.8. The van der Waals surface area contributed by atoms with Gasteiger partial charge in [-0.1, -0.05) is 12.1 Å². The van der Waals surface area contributed by atoms with Crippen LogP contribution in [-0.4, -0.2) is 34.5 Å². The van der Waals surface area contributed by atoms with Crippen LogP contribution >= 0.6 is 0 Å². The Hall–Kier alpha value is -3.35. The van der Waals surface area contributed by atoms with Gasteiger partial charge in [-0.15, -0.1) is 0 Å². The maximum absolute atomic E-state index is 11.4. The molecule has 1 aliphatic heterocycles. The first kappa shape index (κ1) is 17.1. The molecule has 0 fully saturated rings. The summed E-state index contributed by atoms with van der Waals surface area (Å²) in [6.45, 7) is 3.77. The predicted molar refractivity (Wildman–Crippen MR) is 105 cm³/mol. The molecule has 0 atom stereocenters. The molecule has 2 aromatic heterocycles. The van der Waals surface area contributed by atoms with Gasteiger partial charge in [0.2, 0.25) is 0 Å². The molecular weight excluding hydrogens is 342 g/mol. The molecule has 7 heteroatoms. The highest BCUT2D eigenvalue weighted by atomic mass is 16.5. The van der Waals surface area contributed by atoms with Crippen molar-refractivity contribution < 1.29 is 9.53 Å². The topological polar surface area (TPSA) is 81.1 Å². The molecule has 0 bridgehead atoms. The Kier molecular flexibility index (Phi) is 4.50. The van der Waals surface area contributed by atoms with Gasteiger partial charge in [-0.2, -0.15) is 5.10 Å². The Balaban J connectivity index is 1.75. The van der Waals surface area contributed by atoms with Crippen molar-refractivity contribution in [2.75, 3.05) is 24.3 Å². The van der Waals surface area contributed by atoms with Crippen LogP contribution in [0.3, 0.4) is 0 Å². The number of aryl methyl sites for hydroxylation is 1. The first-order chi connectivity index (χ1) is 13.2. The highest BCUT2D eigenvalue weighted by molar-refractivity contribution is 5.87. The van der Waals surface area contributed by atoms with Crippen LogP contribution in [0.5, 0.6) is 0 Å². The Morgan fingerprint density at radius 3 is 2.81 bits per heavy atom. The maximum Gasteiger partial charge on any atom is 0.411 e. The molecule has 0 spiro atoms. The highest BCUT2D eigenvalue weighted by Gasteiger charge is 2.21. The van der Waals surface area contributed by atoms with E-state index >= 15 is 0 Å². The molecule has 4 rings (SSSR count). The Morgan fingerprint density at radius 2 is 2.07 bits per heavy atom. The van der Waals surface area contributed by atoms with Crippen molar-refractivity contribution in [1.82, 2.24) is 14.8 Å². The molecule has 3 aromatic rings. The van der Waals surface area contributed by atoms with E-state index < -0.39 is 6.09 Å². The molecule has 0 unspecified atom stereocenters. The van der Waals surface area contributed by atoms with Gasteiger partial charge in [-0.25, -0.2) is 9.78 Å². The van der Waals surface area contributed by atoms with Crippen molar-refractivity contribution in [2.24, 2.45) is 0 Å². The SMILES string of the molecule is CCn1cc(-c2ccnc3c2CCN3)c(-c2ccc(NC(=O)OC)cc2)n1. The zero-order valence-electron chi connectivity index (χ0n) is 15.3. The van der Waals surface area contributed by atoms with Crippen molar-refractivity contribution in [3.8, 4) is 22.4 Å². The molecule has 1 aliphatic rings. The minimum Gasteiger partial charge on any atom is -0.453 e. The van der Waals surface area contributed by atoms with E-state index in [2.05, 4.69) is 39.5 Å². The molecule has 0 saturated carbocycles. The third-order valence-electron chi connectivity index (χ3n) is 4.69. The second-order valence-electron chi connectivity index (χ2n) is 6.30. The quantitative estimate of drug-likeness (QED) is 0.737. The van der Waals surface area contributed by atoms with Crippen LogP contribution in [-0.2, 0) is 17.7 Å². The molecule has 1 amide bonds. The Morgan fingerprint density at radius 1 is 1.26 bits per heavy atom. The fraction of sp³-hybridized carbons (Fsp3) is 0.250. The molecule has 27 heavy (non-hydrogen) atoms. The first-order valence-electron chi connectivity index (χ1n) is 8.94. The number of aromatic nitrogens is 3. The van der Waals surface area contributed by atoms with Gasteiger partial charge in [0.15, 0.2) is 0 Å². The summed E-state index contributed by atoms with van der Waals surface area (Å²) in [6.07, 6.45) is 4.39. The van der Waals surface area contributed by atoms with E-state index in [9.17, 15) is 4.79 Å². The van der Waals surface area contributed by atoms with Gasteiger partial charge in [0.25, 0.3) is 0 Å². The Bertz CT molecular complexity index is 979. The number of amides is 1. The molecule has 7 nitrogen and oxygen atoms in total. The van der Waals surface area contributed by atoms with Crippen molar-refractivity contribution in [3.63, 3.8) is 0 Å². The van der Waals surface area contributed by atoms with Gasteiger partial charge in [0.1, 0.15) is 11.5 Å². The number of ether oxygens (including phenoxy) is 1. The first-order valence-corrected chi connectivity index (χ1v) is 8.94. The summed E-state index contributed by atoms with van der Waals surface area (Å²) in [5.74, 6) is 0.959. The second kappa shape index (κ2) is 7.11. The van der Waals surface area contributed by atoms with Crippen LogP contribution in [0.4, 0.5) is 16.3 Å². The molecule has 3 heterocycles. The zero-order chi connectivity index (χ0) is 18.8. The van der Waals surface area contributed by atoms with Crippen molar-refractivity contribution in [2.45, 2.75) is 19.9 Å². The minimum atomic E-state index is -0.487. The summed E-state index contributed by atoms with van der Waals surface area (Å²) >= 11 is 0. The van der Waals surface area contributed by atoms with Crippen LogP contribution < -0.4 is 10.6 Å². The summed E-state index contributed by atoms with van der Waals surface area (Å²) in [7, 11) is 1.34. The number of rotatable bonds is 4. The summed E-state index contributed by atoms with van der Waals surface area (Å²) < 4.78 is 6.57. The number of hydrogen-bond acceptors (Lipinski definition) is 5. The number of benzene rings is 1. The van der Waals surface area contributed by atoms with Crippen molar-refractivity contribution in [1.29, 1.82) is 0 Å². The number of carbonyl (C=O) groups excluding carboxylic acids is 1. The molecule has 0 aliphatic carbocycles. The number of nitrogens with zero attached hydrogens (tertiary/aromatic N) is 3. The number of pyridine rings is 1. The average molecular weight is 363 g/mol. The van der Waals surface area contributed by atoms with Crippen molar-refractivity contribution in [3.05, 3.63) is 48.3 Å². The second-order valence-corrected chi connectivity index (χ2v) is 6.30. The number of anilines is 2. The van der Waals surface area contributed by atoms with Crippen LogP contribution in [0, 0.1) is 0 Å². The lowest BCUT2D eigenvalue weighted by molar-refractivity contribution is 0.187. The van der Waals surface area contributed by atoms with E-state index in [4.69, 9.17) is 5.10 Å². The minimum absolute atomic E-state index is 0.487. The van der Waals surface area contributed by atoms with Crippen molar-refractivity contribution >= 4 is 17.6 Å². The van der Waals surface area contributed by atoms with Gasteiger partial charge < -0.3 is 10.1 Å². The molecular formula is C20H21N5O2. The van der Waals surface area contributed by atoms with E-state index in [-0.39, 0.29) is 0 Å². The van der Waals surface area contributed by atoms with Gasteiger partial charge in [-0.3, -0.25) is 10.00 Å².